The van der Waals surface area contributed by atoms with Crippen LogP contribution in [-0.2, 0) is 9.59 Å². The van der Waals surface area contributed by atoms with E-state index in [0.29, 0.717) is 45.4 Å². The van der Waals surface area contributed by atoms with Crippen LogP contribution in [0.15, 0.2) is 66.7 Å². The first-order valence-corrected chi connectivity index (χ1v) is 10.5. The summed E-state index contributed by atoms with van der Waals surface area (Å²) in [6.45, 7) is 2.84. The van der Waals surface area contributed by atoms with Crippen LogP contribution < -0.4 is 21.3 Å². The molecular weight excluding hydrogens is 450 g/mol. The molecule has 0 aliphatic carbocycles. The third-order valence-corrected chi connectivity index (χ3v) is 4.75. The smallest absolute Gasteiger partial charge is 0.271 e. The Morgan fingerprint density at radius 1 is 0.714 bits per heavy atom. The van der Waals surface area contributed by atoms with Gasteiger partial charge in [0, 0.05) is 48.7 Å². The fourth-order valence-corrected chi connectivity index (χ4v) is 3.36. The fourth-order valence-electron chi connectivity index (χ4n) is 3.36. The van der Waals surface area contributed by atoms with Gasteiger partial charge in [-0.2, -0.15) is 0 Å². The molecule has 4 aromatic rings. The fraction of sp³-hybridized carbons (Fsp3) is 0.0833. The van der Waals surface area contributed by atoms with Crippen LogP contribution in [0, 0.1) is 10.1 Å². The maximum Gasteiger partial charge on any atom is 0.271 e. The summed E-state index contributed by atoms with van der Waals surface area (Å²) in [5.74, 6) is 0.260. The van der Waals surface area contributed by atoms with E-state index in [0.717, 1.165) is 0 Å². The maximum absolute atomic E-state index is 11.4. The van der Waals surface area contributed by atoms with Crippen molar-refractivity contribution >= 4 is 62.9 Å². The van der Waals surface area contributed by atoms with Crippen LogP contribution in [-0.4, -0.2) is 26.7 Å². The number of nitro groups is 1. The van der Waals surface area contributed by atoms with Crippen LogP contribution in [0.4, 0.5) is 40.1 Å². The van der Waals surface area contributed by atoms with Gasteiger partial charge in [0.25, 0.3) is 5.69 Å². The van der Waals surface area contributed by atoms with Gasteiger partial charge in [-0.3, -0.25) is 19.7 Å². The molecule has 0 saturated carbocycles. The Morgan fingerprint density at radius 3 is 1.69 bits per heavy atom. The van der Waals surface area contributed by atoms with Crippen molar-refractivity contribution in [3.05, 3.63) is 76.8 Å². The van der Waals surface area contributed by atoms with E-state index in [2.05, 4.69) is 31.2 Å². The number of amides is 2. The molecule has 0 aliphatic heterocycles. The van der Waals surface area contributed by atoms with Gasteiger partial charge in [-0.1, -0.05) is 12.1 Å². The third-order valence-electron chi connectivity index (χ3n) is 4.75. The van der Waals surface area contributed by atoms with Crippen molar-refractivity contribution in [2.75, 3.05) is 21.3 Å². The molecule has 35 heavy (non-hydrogen) atoms. The zero-order chi connectivity index (χ0) is 24.9. The van der Waals surface area contributed by atoms with Gasteiger partial charge in [-0.05, 0) is 42.5 Å². The Kier molecular flexibility index (Phi) is 6.49. The standard InChI is InChI=1S/C24H21N7O4/c1-14(32)25-16-5-3-7-18(11-16)27-23-24(28-19-8-4-6-17(12-19)26-15(2)33)30-22-13-20(31(34)35)9-10-21(22)29-23/h3-13H,1-2H3,(H,25,32)(H,26,33)(H,27,29)(H,28,30). The number of nitrogens with one attached hydrogen (secondary N) is 4. The highest BCUT2D eigenvalue weighted by Gasteiger charge is 2.14. The molecule has 1 heterocycles. The number of hydrogen-bond donors (Lipinski definition) is 4. The lowest BCUT2D eigenvalue weighted by Gasteiger charge is -2.15. The largest absolute Gasteiger partial charge is 0.337 e. The molecule has 0 saturated heterocycles. The summed E-state index contributed by atoms with van der Waals surface area (Å²) in [5, 5.41) is 23.0. The first-order chi connectivity index (χ1) is 16.8. The molecule has 0 unspecified atom stereocenters. The quantitative estimate of drug-likeness (QED) is 0.218. The average Bonchev–Trinajstić information content (AvgIpc) is 2.78. The molecular formula is C24H21N7O4. The van der Waals surface area contributed by atoms with Gasteiger partial charge in [0.1, 0.15) is 0 Å². The van der Waals surface area contributed by atoms with E-state index in [-0.39, 0.29) is 17.5 Å². The van der Waals surface area contributed by atoms with E-state index in [4.69, 9.17) is 0 Å². The average molecular weight is 471 g/mol. The van der Waals surface area contributed by atoms with Crippen LogP contribution in [0.5, 0.6) is 0 Å². The van der Waals surface area contributed by atoms with Crippen LogP contribution >= 0.6 is 0 Å². The topological polar surface area (TPSA) is 151 Å². The number of rotatable bonds is 7. The van der Waals surface area contributed by atoms with Gasteiger partial charge in [0.15, 0.2) is 11.6 Å². The van der Waals surface area contributed by atoms with Crippen molar-refractivity contribution in [1.29, 1.82) is 0 Å². The van der Waals surface area contributed by atoms with Crippen molar-refractivity contribution < 1.29 is 14.5 Å². The van der Waals surface area contributed by atoms with Gasteiger partial charge in [-0.15, -0.1) is 0 Å². The first-order valence-electron chi connectivity index (χ1n) is 10.5. The molecule has 0 atom stereocenters. The molecule has 4 N–H and O–H groups in total. The van der Waals surface area contributed by atoms with Crippen molar-refractivity contribution in [3.63, 3.8) is 0 Å². The SMILES string of the molecule is CC(=O)Nc1cccc(Nc2nc3ccc([N+](=O)[O-])cc3nc2Nc2cccc(NC(C)=O)c2)c1. The number of carbonyl (C=O) groups excluding carboxylic acids is 2. The minimum absolute atomic E-state index is 0.103. The maximum atomic E-state index is 11.4. The van der Waals surface area contributed by atoms with Gasteiger partial charge < -0.3 is 21.3 Å². The second-order valence-electron chi connectivity index (χ2n) is 7.62. The highest BCUT2D eigenvalue weighted by atomic mass is 16.6. The van der Waals surface area contributed by atoms with Crippen molar-refractivity contribution in [2.24, 2.45) is 0 Å². The van der Waals surface area contributed by atoms with E-state index in [1.807, 2.05) is 0 Å². The van der Waals surface area contributed by atoms with E-state index in [1.165, 1.54) is 32.0 Å². The molecule has 1 aromatic heterocycles. The number of aromatic nitrogens is 2. The molecule has 4 rings (SSSR count). The van der Waals surface area contributed by atoms with E-state index in [9.17, 15) is 19.7 Å². The highest BCUT2D eigenvalue weighted by Crippen LogP contribution is 2.30. The van der Waals surface area contributed by atoms with Crippen LogP contribution in [0.3, 0.4) is 0 Å². The molecule has 2 amide bonds. The van der Waals surface area contributed by atoms with Crippen molar-refractivity contribution in [3.8, 4) is 0 Å². The predicted molar refractivity (Wildman–Crippen MR) is 134 cm³/mol. The normalized spacial score (nSPS) is 10.5. The molecule has 176 valence electrons. The number of non-ortho nitro benzene ring substituents is 1. The van der Waals surface area contributed by atoms with E-state index in [1.54, 1.807) is 48.5 Å². The minimum atomic E-state index is -0.495. The van der Waals surface area contributed by atoms with Crippen LogP contribution in [0.1, 0.15) is 13.8 Å². The Morgan fingerprint density at radius 2 is 1.20 bits per heavy atom. The number of benzene rings is 3. The molecule has 11 nitrogen and oxygen atoms in total. The molecule has 0 aliphatic rings. The molecule has 0 bridgehead atoms. The number of carbonyl (C=O) groups is 2. The Hall–Kier alpha value is -5.06. The lowest BCUT2D eigenvalue weighted by Crippen LogP contribution is -2.07. The van der Waals surface area contributed by atoms with E-state index < -0.39 is 4.92 Å². The summed E-state index contributed by atoms with van der Waals surface area (Å²) in [7, 11) is 0. The zero-order valence-corrected chi connectivity index (χ0v) is 18.8. The zero-order valence-electron chi connectivity index (χ0n) is 18.8. The van der Waals surface area contributed by atoms with Gasteiger partial charge in [0.05, 0.1) is 16.0 Å². The van der Waals surface area contributed by atoms with Crippen molar-refractivity contribution in [2.45, 2.75) is 13.8 Å². The summed E-state index contributed by atoms with van der Waals surface area (Å²) in [6.07, 6.45) is 0. The number of fused-ring (bicyclic) bond motifs is 1. The third kappa shape index (κ3) is 5.85. The first kappa shape index (κ1) is 23.1. The molecule has 0 radical (unpaired) electrons. The second-order valence-corrected chi connectivity index (χ2v) is 7.62. The van der Waals surface area contributed by atoms with Gasteiger partial charge >= 0.3 is 0 Å². The predicted octanol–water partition coefficient (Wildman–Crippen LogP) is 4.94. The summed E-state index contributed by atoms with van der Waals surface area (Å²) in [6, 6.07) is 18.3. The molecule has 0 fully saturated rings. The monoisotopic (exact) mass is 471 g/mol. The van der Waals surface area contributed by atoms with E-state index >= 15 is 0 Å². The summed E-state index contributed by atoms with van der Waals surface area (Å²) in [4.78, 5) is 42.8. The van der Waals surface area contributed by atoms with Crippen LogP contribution in [0.2, 0.25) is 0 Å². The number of nitrogens with zero attached hydrogens (tertiary/aromatic N) is 3. The summed E-state index contributed by atoms with van der Waals surface area (Å²) in [5.41, 5.74) is 3.13. The molecule has 0 spiro atoms. The highest BCUT2D eigenvalue weighted by molar-refractivity contribution is 5.91. The van der Waals surface area contributed by atoms with Crippen LogP contribution in [0.25, 0.3) is 11.0 Å². The lowest BCUT2D eigenvalue weighted by atomic mass is 10.2. The Labute approximate surface area is 199 Å². The number of hydrogen-bond acceptors (Lipinski definition) is 8. The molecule has 11 heteroatoms. The van der Waals surface area contributed by atoms with Gasteiger partial charge in [-0.25, -0.2) is 9.97 Å². The summed E-state index contributed by atoms with van der Waals surface area (Å²) < 4.78 is 0. The minimum Gasteiger partial charge on any atom is -0.337 e. The number of anilines is 6. The number of nitro benzene ring substituents is 1. The molecule has 3 aromatic carbocycles. The summed E-state index contributed by atoms with van der Waals surface area (Å²) >= 11 is 0. The second kappa shape index (κ2) is 9.83. The Bertz CT molecular complexity index is 1460. The Balaban J connectivity index is 1.75. The lowest BCUT2D eigenvalue weighted by molar-refractivity contribution is -0.384. The van der Waals surface area contributed by atoms with Crippen molar-refractivity contribution in [1.82, 2.24) is 9.97 Å². The van der Waals surface area contributed by atoms with Gasteiger partial charge in [0.2, 0.25) is 11.8 Å².